The minimum Gasteiger partial charge on any atom is -0.478 e. The van der Waals surface area contributed by atoms with Gasteiger partial charge in [0, 0.05) is 5.69 Å². The number of hydrogen-bond donors (Lipinski definition) is 2. The highest BCUT2D eigenvalue weighted by Crippen LogP contribution is 2.38. The molecular weight excluding hydrogens is 279 g/mol. The van der Waals surface area contributed by atoms with E-state index in [9.17, 15) is 18.0 Å². The summed E-state index contributed by atoms with van der Waals surface area (Å²) < 4.78 is 36.8. The van der Waals surface area contributed by atoms with Crippen LogP contribution in [0.3, 0.4) is 0 Å². The van der Waals surface area contributed by atoms with Crippen LogP contribution in [0.4, 0.5) is 18.9 Å². The van der Waals surface area contributed by atoms with E-state index in [1.165, 1.54) is 0 Å². The van der Waals surface area contributed by atoms with E-state index in [4.69, 9.17) is 10.8 Å². The third-order valence-electron chi connectivity index (χ3n) is 1.65. The Bertz CT molecular complexity index is 417. The SMILES string of the molecule is Nc1cc(C(=O)O)cc(C(F)(F)F)c1Br. The molecule has 0 spiro atoms. The molecule has 0 heterocycles. The highest BCUT2D eigenvalue weighted by Gasteiger charge is 2.34. The molecule has 0 aliphatic rings. The molecule has 0 bridgehead atoms. The largest absolute Gasteiger partial charge is 0.478 e. The summed E-state index contributed by atoms with van der Waals surface area (Å²) in [4.78, 5) is 10.5. The van der Waals surface area contributed by atoms with Gasteiger partial charge in [-0.05, 0) is 28.1 Å². The molecule has 1 aromatic carbocycles. The van der Waals surface area contributed by atoms with E-state index in [-0.39, 0.29) is 10.2 Å². The van der Waals surface area contributed by atoms with E-state index in [1.54, 1.807) is 0 Å². The van der Waals surface area contributed by atoms with Crippen molar-refractivity contribution in [3.63, 3.8) is 0 Å². The summed E-state index contributed by atoms with van der Waals surface area (Å²) in [6.07, 6.45) is -4.64. The molecule has 1 rings (SSSR count). The van der Waals surface area contributed by atoms with Crippen LogP contribution in [-0.2, 0) is 6.18 Å². The van der Waals surface area contributed by atoms with Crippen LogP contribution in [0.25, 0.3) is 0 Å². The maximum absolute atomic E-state index is 12.4. The molecule has 0 saturated heterocycles. The number of anilines is 1. The summed E-state index contributed by atoms with van der Waals surface area (Å²) in [6.45, 7) is 0. The first kappa shape index (κ1) is 11.8. The van der Waals surface area contributed by atoms with Gasteiger partial charge in [-0.2, -0.15) is 13.2 Å². The van der Waals surface area contributed by atoms with Gasteiger partial charge in [-0.15, -0.1) is 0 Å². The van der Waals surface area contributed by atoms with Crippen molar-refractivity contribution in [2.24, 2.45) is 0 Å². The Balaban J connectivity index is 3.45. The number of hydrogen-bond acceptors (Lipinski definition) is 2. The molecule has 0 radical (unpaired) electrons. The first-order valence-electron chi connectivity index (χ1n) is 3.63. The van der Waals surface area contributed by atoms with E-state index < -0.39 is 23.3 Å². The zero-order valence-corrected chi connectivity index (χ0v) is 8.69. The quantitative estimate of drug-likeness (QED) is 0.779. The molecule has 3 nitrogen and oxygen atoms in total. The molecule has 0 atom stereocenters. The molecule has 7 heteroatoms. The molecule has 0 amide bonds. The van der Waals surface area contributed by atoms with Crippen molar-refractivity contribution < 1.29 is 23.1 Å². The van der Waals surface area contributed by atoms with Gasteiger partial charge in [0.15, 0.2) is 0 Å². The molecule has 1 aromatic rings. The predicted molar refractivity (Wildman–Crippen MR) is 50.5 cm³/mol. The highest BCUT2D eigenvalue weighted by molar-refractivity contribution is 9.10. The molecule has 82 valence electrons. The van der Waals surface area contributed by atoms with Crippen LogP contribution in [0.1, 0.15) is 15.9 Å². The zero-order valence-electron chi connectivity index (χ0n) is 7.10. The summed E-state index contributed by atoms with van der Waals surface area (Å²) in [5.74, 6) is -1.46. The lowest BCUT2D eigenvalue weighted by Crippen LogP contribution is -2.10. The van der Waals surface area contributed by atoms with Gasteiger partial charge in [0.2, 0.25) is 0 Å². The summed E-state index contributed by atoms with van der Waals surface area (Å²) >= 11 is 2.66. The number of halogens is 4. The molecule has 0 aliphatic heterocycles. The zero-order chi connectivity index (χ0) is 11.8. The molecule has 15 heavy (non-hydrogen) atoms. The van der Waals surface area contributed by atoms with E-state index in [0.29, 0.717) is 6.07 Å². The summed E-state index contributed by atoms with van der Waals surface area (Å²) in [6, 6.07) is 1.49. The van der Waals surface area contributed by atoms with Gasteiger partial charge in [0.25, 0.3) is 0 Å². The lowest BCUT2D eigenvalue weighted by molar-refractivity contribution is -0.138. The van der Waals surface area contributed by atoms with Crippen molar-refractivity contribution in [2.45, 2.75) is 6.18 Å². The average Bonchev–Trinajstić information content (AvgIpc) is 2.06. The molecule has 0 fully saturated rings. The Morgan fingerprint density at radius 2 is 1.93 bits per heavy atom. The van der Waals surface area contributed by atoms with Crippen LogP contribution in [0.2, 0.25) is 0 Å². The Labute approximate surface area is 90.8 Å². The van der Waals surface area contributed by atoms with Gasteiger partial charge >= 0.3 is 12.1 Å². The molecule has 3 N–H and O–H groups in total. The fourth-order valence-corrected chi connectivity index (χ4v) is 1.43. The minimum absolute atomic E-state index is 0.262. The number of carbonyl (C=O) groups is 1. The van der Waals surface area contributed by atoms with Crippen LogP contribution in [-0.4, -0.2) is 11.1 Å². The highest BCUT2D eigenvalue weighted by atomic mass is 79.9. The standard InChI is InChI=1S/C8H5BrF3NO2/c9-6-4(8(10,11)12)1-3(7(14)15)2-5(6)13/h1-2H,13H2,(H,14,15). The van der Waals surface area contributed by atoms with Gasteiger partial charge in [-0.25, -0.2) is 4.79 Å². The van der Waals surface area contributed by atoms with Gasteiger partial charge in [0.05, 0.1) is 15.6 Å². The number of carboxylic acids is 1. The number of aromatic carboxylic acids is 1. The second-order valence-electron chi connectivity index (χ2n) is 2.73. The van der Waals surface area contributed by atoms with E-state index in [2.05, 4.69) is 15.9 Å². The number of carboxylic acid groups (broad SMARTS) is 1. The van der Waals surface area contributed by atoms with Crippen LogP contribution in [0.15, 0.2) is 16.6 Å². The number of nitrogens with two attached hydrogens (primary N) is 1. The van der Waals surface area contributed by atoms with E-state index in [1.807, 2.05) is 0 Å². The Morgan fingerprint density at radius 1 is 1.40 bits per heavy atom. The monoisotopic (exact) mass is 283 g/mol. The number of nitrogen functional groups attached to an aromatic ring is 1. The molecular formula is C8H5BrF3NO2. The van der Waals surface area contributed by atoms with E-state index in [0.717, 1.165) is 6.07 Å². The van der Waals surface area contributed by atoms with Gasteiger partial charge in [-0.3, -0.25) is 0 Å². The predicted octanol–water partition coefficient (Wildman–Crippen LogP) is 2.75. The second kappa shape index (κ2) is 3.73. The van der Waals surface area contributed by atoms with Gasteiger partial charge in [-0.1, -0.05) is 0 Å². The summed E-state index contributed by atoms with van der Waals surface area (Å²) in [5.41, 5.74) is 3.39. The topological polar surface area (TPSA) is 63.3 Å². The van der Waals surface area contributed by atoms with Crippen molar-refractivity contribution in [3.8, 4) is 0 Å². The van der Waals surface area contributed by atoms with Crippen LogP contribution in [0.5, 0.6) is 0 Å². The lowest BCUT2D eigenvalue weighted by atomic mass is 10.1. The van der Waals surface area contributed by atoms with Crippen molar-refractivity contribution in [1.29, 1.82) is 0 Å². The maximum Gasteiger partial charge on any atom is 0.417 e. The third kappa shape index (κ3) is 2.41. The molecule has 0 aromatic heterocycles. The fraction of sp³-hybridized carbons (Fsp3) is 0.125. The minimum atomic E-state index is -4.64. The molecule has 0 saturated carbocycles. The maximum atomic E-state index is 12.4. The van der Waals surface area contributed by atoms with Crippen molar-refractivity contribution in [3.05, 3.63) is 27.7 Å². The van der Waals surface area contributed by atoms with Crippen molar-refractivity contribution in [1.82, 2.24) is 0 Å². The average molecular weight is 284 g/mol. The number of benzene rings is 1. The summed E-state index contributed by atoms with van der Waals surface area (Å²) in [5, 5.41) is 8.55. The normalized spacial score (nSPS) is 11.5. The summed E-state index contributed by atoms with van der Waals surface area (Å²) in [7, 11) is 0. The van der Waals surface area contributed by atoms with E-state index >= 15 is 0 Å². The number of rotatable bonds is 1. The Kier molecular flexibility index (Phi) is 2.94. The van der Waals surface area contributed by atoms with Crippen LogP contribution < -0.4 is 5.73 Å². The lowest BCUT2D eigenvalue weighted by Gasteiger charge is -2.11. The smallest absolute Gasteiger partial charge is 0.417 e. The van der Waals surface area contributed by atoms with Crippen molar-refractivity contribution >= 4 is 27.6 Å². The first-order valence-corrected chi connectivity index (χ1v) is 4.42. The third-order valence-corrected chi connectivity index (χ3v) is 2.54. The second-order valence-corrected chi connectivity index (χ2v) is 3.52. The van der Waals surface area contributed by atoms with Crippen molar-refractivity contribution in [2.75, 3.05) is 5.73 Å². The molecule has 0 unspecified atom stereocenters. The van der Waals surface area contributed by atoms with Gasteiger partial charge < -0.3 is 10.8 Å². The Morgan fingerprint density at radius 3 is 2.33 bits per heavy atom. The van der Waals surface area contributed by atoms with Crippen LogP contribution in [0, 0.1) is 0 Å². The fourth-order valence-electron chi connectivity index (χ4n) is 0.977. The first-order chi connectivity index (χ1) is 6.73. The Hall–Kier alpha value is -1.24. The van der Waals surface area contributed by atoms with Gasteiger partial charge in [0.1, 0.15) is 0 Å². The molecule has 0 aliphatic carbocycles. The van der Waals surface area contributed by atoms with Crippen LogP contribution >= 0.6 is 15.9 Å². The number of alkyl halides is 3.